The minimum absolute atomic E-state index is 0.0516. The zero-order valence-electron chi connectivity index (χ0n) is 13.3. The molecule has 0 aliphatic heterocycles. The van der Waals surface area contributed by atoms with Crippen LogP contribution in [-0.2, 0) is 4.74 Å². The zero-order chi connectivity index (χ0) is 18.7. The molecule has 3 aromatic rings. The van der Waals surface area contributed by atoms with Gasteiger partial charge in [-0.25, -0.2) is 9.78 Å². The molecule has 10 heteroatoms. The third-order valence-corrected chi connectivity index (χ3v) is 4.09. The Bertz CT molecular complexity index is 959. The first-order chi connectivity index (χ1) is 12.5. The van der Waals surface area contributed by atoms with Crippen LogP contribution < -0.4 is 5.32 Å². The minimum atomic E-state index is -0.666. The highest BCUT2D eigenvalue weighted by molar-refractivity contribution is 6.42. The summed E-state index contributed by atoms with van der Waals surface area (Å²) in [6.45, 7) is 0. The summed E-state index contributed by atoms with van der Waals surface area (Å²) in [5.74, 6) is -0.734. The number of amides is 1. The number of hydrogen-bond donors (Lipinski definition) is 1. The molecule has 0 bridgehead atoms. The number of ether oxygens (including phenoxy) is 1. The van der Waals surface area contributed by atoms with Crippen molar-refractivity contribution in [3.8, 4) is 5.82 Å². The second-order valence-corrected chi connectivity index (χ2v) is 5.82. The van der Waals surface area contributed by atoms with E-state index in [0.717, 1.165) is 0 Å². The molecule has 0 atom stereocenters. The van der Waals surface area contributed by atoms with Gasteiger partial charge in [-0.2, -0.15) is 0 Å². The summed E-state index contributed by atoms with van der Waals surface area (Å²) in [5.41, 5.74) is 0.269. The van der Waals surface area contributed by atoms with Crippen LogP contribution in [0.4, 0.5) is 5.69 Å². The molecule has 132 valence electrons. The molecule has 0 saturated carbocycles. The van der Waals surface area contributed by atoms with Gasteiger partial charge in [0.2, 0.25) is 0 Å². The van der Waals surface area contributed by atoms with Crippen LogP contribution in [0.15, 0.2) is 43.0 Å². The highest BCUT2D eigenvalue weighted by Gasteiger charge is 2.18. The molecule has 1 N–H and O–H groups in total. The number of imidazole rings is 1. The van der Waals surface area contributed by atoms with Crippen molar-refractivity contribution in [2.75, 3.05) is 12.4 Å². The number of esters is 1. The third kappa shape index (κ3) is 3.66. The van der Waals surface area contributed by atoms with Crippen molar-refractivity contribution in [2.24, 2.45) is 0 Å². The van der Waals surface area contributed by atoms with Crippen LogP contribution in [0.25, 0.3) is 5.82 Å². The third-order valence-electron chi connectivity index (χ3n) is 3.37. The molecule has 0 fully saturated rings. The van der Waals surface area contributed by atoms with Gasteiger partial charge in [-0.05, 0) is 24.3 Å². The van der Waals surface area contributed by atoms with E-state index in [-0.39, 0.29) is 27.0 Å². The molecule has 0 unspecified atom stereocenters. The average molecular weight is 392 g/mol. The maximum atomic E-state index is 12.4. The maximum Gasteiger partial charge on any atom is 0.340 e. The van der Waals surface area contributed by atoms with E-state index in [0.29, 0.717) is 5.82 Å². The quantitative estimate of drug-likeness (QED) is 0.686. The van der Waals surface area contributed by atoms with Gasteiger partial charge in [0.05, 0.1) is 28.4 Å². The van der Waals surface area contributed by atoms with E-state index in [1.165, 1.54) is 25.3 Å². The number of nitrogens with one attached hydrogen (secondary N) is 1. The molecule has 1 aromatic carbocycles. The van der Waals surface area contributed by atoms with Crippen LogP contribution in [0.3, 0.4) is 0 Å². The van der Waals surface area contributed by atoms with E-state index >= 15 is 0 Å². The molecule has 0 spiro atoms. The number of benzene rings is 1. The number of hydrogen-bond acceptors (Lipinski definition) is 6. The van der Waals surface area contributed by atoms with E-state index < -0.39 is 11.9 Å². The summed E-state index contributed by atoms with van der Waals surface area (Å²) < 4.78 is 6.33. The first kappa shape index (κ1) is 17.8. The average Bonchev–Trinajstić information content (AvgIpc) is 3.18. The Labute approximate surface area is 157 Å². The summed E-state index contributed by atoms with van der Waals surface area (Å²) in [4.78, 5) is 28.2. The van der Waals surface area contributed by atoms with Crippen molar-refractivity contribution in [3.05, 3.63) is 64.3 Å². The second kappa shape index (κ2) is 7.51. The highest BCUT2D eigenvalue weighted by atomic mass is 35.5. The fraction of sp³-hybridized carbons (Fsp3) is 0.0625. The van der Waals surface area contributed by atoms with Gasteiger partial charge in [0.25, 0.3) is 5.91 Å². The van der Waals surface area contributed by atoms with E-state index in [9.17, 15) is 9.59 Å². The Kier molecular flexibility index (Phi) is 5.15. The smallest absolute Gasteiger partial charge is 0.340 e. The maximum absolute atomic E-state index is 12.4. The van der Waals surface area contributed by atoms with Crippen molar-refractivity contribution in [1.29, 1.82) is 0 Å². The lowest BCUT2D eigenvalue weighted by atomic mass is 10.1. The Morgan fingerprint density at radius 1 is 1.15 bits per heavy atom. The topological polar surface area (TPSA) is 99.0 Å². The lowest BCUT2D eigenvalue weighted by molar-refractivity contribution is 0.0602. The van der Waals surface area contributed by atoms with Crippen molar-refractivity contribution in [2.45, 2.75) is 0 Å². The standard InChI is InChI=1S/C16H11Cl2N5O3/c1-26-16(25)9-6-10(17)11(18)7-13(9)20-15(24)12-2-3-14(22-21-12)23-5-4-19-8-23/h2-8H,1H3,(H,20,24). The predicted molar refractivity (Wildman–Crippen MR) is 94.9 cm³/mol. The minimum Gasteiger partial charge on any atom is -0.465 e. The summed E-state index contributed by atoms with van der Waals surface area (Å²) in [5, 5.41) is 10.7. The number of halogens is 2. The summed E-state index contributed by atoms with van der Waals surface area (Å²) >= 11 is 11.9. The molecular formula is C16H11Cl2N5O3. The fourth-order valence-electron chi connectivity index (χ4n) is 2.09. The largest absolute Gasteiger partial charge is 0.465 e. The molecule has 2 aromatic heterocycles. The number of carbonyl (C=O) groups is 2. The lowest BCUT2D eigenvalue weighted by Crippen LogP contribution is -2.17. The zero-order valence-corrected chi connectivity index (χ0v) is 14.8. The van der Waals surface area contributed by atoms with Gasteiger partial charge in [0.15, 0.2) is 11.5 Å². The number of aromatic nitrogens is 4. The van der Waals surface area contributed by atoms with E-state index in [2.05, 4.69) is 25.2 Å². The monoisotopic (exact) mass is 391 g/mol. The van der Waals surface area contributed by atoms with Crippen LogP contribution in [0.1, 0.15) is 20.8 Å². The highest BCUT2D eigenvalue weighted by Crippen LogP contribution is 2.29. The van der Waals surface area contributed by atoms with Crippen LogP contribution in [0, 0.1) is 0 Å². The molecule has 2 heterocycles. The van der Waals surface area contributed by atoms with Gasteiger partial charge in [-0.15, -0.1) is 10.2 Å². The number of rotatable bonds is 4. The molecule has 0 aliphatic rings. The van der Waals surface area contributed by atoms with Gasteiger partial charge in [0, 0.05) is 12.4 Å². The molecule has 3 rings (SSSR count). The van der Waals surface area contributed by atoms with Crippen molar-refractivity contribution < 1.29 is 14.3 Å². The Morgan fingerprint density at radius 2 is 1.92 bits per heavy atom. The summed E-state index contributed by atoms with van der Waals surface area (Å²) in [6, 6.07) is 5.78. The molecule has 8 nitrogen and oxygen atoms in total. The van der Waals surface area contributed by atoms with Gasteiger partial charge in [-0.3, -0.25) is 9.36 Å². The molecule has 1 amide bonds. The van der Waals surface area contributed by atoms with Crippen molar-refractivity contribution >= 4 is 40.8 Å². The predicted octanol–water partition coefficient (Wildman–Crippen LogP) is 3.01. The second-order valence-electron chi connectivity index (χ2n) is 5.00. The number of anilines is 1. The summed E-state index contributed by atoms with van der Waals surface area (Å²) in [7, 11) is 1.22. The lowest BCUT2D eigenvalue weighted by Gasteiger charge is -2.11. The first-order valence-electron chi connectivity index (χ1n) is 7.20. The Morgan fingerprint density at radius 3 is 2.54 bits per heavy atom. The molecule has 0 saturated heterocycles. The fourth-order valence-corrected chi connectivity index (χ4v) is 2.42. The van der Waals surface area contributed by atoms with Crippen LogP contribution in [-0.4, -0.2) is 38.7 Å². The van der Waals surface area contributed by atoms with Gasteiger partial charge < -0.3 is 10.1 Å². The number of methoxy groups -OCH3 is 1. The van der Waals surface area contributed by atoms with Gasteiger partial charge in [0.1, 0.15) is 6.33 Å². The van der Waals surface area contributed by atoms with E-state index in [1.54, 1.807) is 29.4 Å². The number of nitrogens with zero attached hydrogens (tertiary/aromatic N) is 4. The molecule has 0 aliphatic carbocycles. The van der Waals surface area contributed by atoms with Crippen LogP contribution in [0.2, 0.25) is 10.0 Å². The van der Waals surface area contributed by atoms with E-state index in [1.807, 2.05) is 0 Å². The van der Waals surface area contributed by atoms with Crippen molar-refractivity contribution in [1.82, 2.24) is 19.7 Å². The normalized spacial score (nSPS) is 10.4. The van der Waals surface area contributed by atoms with Crippen LogP contribution >= 0.6 is 23.2 Å². The molecule has 26 heavy (non-hydrogen) atoms. The van der Waals surface area contributed by atoms with Crippen LogP contribution in [0.5, 0.6) is 0 Å². The number of carbonyl (C=O) groups excluding carboxylic acids is 2. The van der Waals surface area contributed by atoms with Gasteiger partial charge in [-0.1, -0.05) is 23.2 Å². The Hall–Kier alpha value is -2.97. The molecule has 0 radical (unpaired) electrons. The van der Waals surface area contributed by atoms with Gasteiger partial charge >= 0.3 is 5.97 Å². The SMILES string of the molecule is COC(=O)c1cc(Cl)c(Cl)cc1NC(=O)c1ccc(-n2ccnc2)nn1. The van der Waals surface area contributed by atoms with Crippen molar-refractivity contribution in [3.63, 3.8) is 0 Å². The first-order valence-corrected chi connectivity index (χ1v) is 7.96. The van der Waals surface area contributed by atoms with E-state index in [4.69, 9.17) is 23.2 Å². The molecular weight excluding hydrogens is 381 g/mol. The Balaban J connectivity index is 1.86. The summed E-state index contributed by atoms with van der Waals surface area (Å²) in [6.07, 6.45) is 4.85.